The molecule has 1 fully saturated rings. The number of para-hydroxylation sites is 1. The molecule has 1 saturated heterocycles. The highest BCUT2D eigenvalue weighted by Crippen LogP contribution is 2.27. The van der Waals surface area contributed by atoms with E-state index in [1.54, 1.807) is 6.20 Å². The fraction of sp³-hybridized carbons (Fsp3) is 0.333. The molecule has 2 aliphatic heterocycles. The van der Waals surface area contributed by atoms with Gasteiger partial charge in [-0.2, -0.15) is 0 Å². The summed E-state index contributed by atoms with van der Waals surface area (Å²) in [5, 5.41) is 0. The van der Waals surface area contributed by atoms with Crippen LogP contribution in [0.2, 0.25) is 0 Å². The summed E-state index contributed by atoms with van der Waals surface area (Å²) >= 11 is 0. The van der Waals surface area contributed by atoms with Crippen LogP contribution in [0.5, 0.6) is 0 Å². The first-order valence-corrected chi connectivity index (χ1v) is 11.5. The number of likely N-dealkylation sites (N-methyl/N-ethyl adjacent to an activating group) is 1. The van der Waals surface area contributed by atoms with Crippen LogP contribution in [0.4, 0.5) is 5.69 Å². The molecule has 32 heavy (non-hydrogen) atoms. The van der Waals surface area contributed by atoms with E-state index in [4.69, 9.17) is 0 Å². The maximum atomic E-state index is 13.2. The van der Waals surface area contributed by atoms with Crippen molar-refractivity contribution in [1.29, 1.82) is 0 Å². The number of fused-ring (bicyclic) bond motifs is 1. The Bertz CT molecular complexity index is 1090. The average molecular weight is 427 g/mol. The van der Waals surface area contributed by atoms with Gasteiger partial charge in [0, 0.05) is 62.9 Å². The van der Waals surface area contributed by atoms with Gasteiger partial charge in [0.05, 0.1) is 0 Å². The summed E-state index contributed by atoms with van der Waals surface area (Å²) in [6.45, 7) is 5.84. The monoisotopic (exact) mass is 426 g/mol. The number of pyridine rings is 1. The second kappa shape index (κ2) is 9.13. The number of amides is 1. The smallest absolute Gasteiger partial charge is 0.254 e. The Morgan fingerprint density at radius 3 is 2.56 bits per heavy atom. The lowest BCUT2D eigenvalue weighted by atomic mass is 9.94. The Morgan fingerprint density at radius 1 is 0.906 bits per heavy atom. The third-order valence-corrected chi connectivity index (χ3v) is 6.76. The summed E-state index contributed by atoms with van der Waals surface area (Å²) in [5.41, 5.74) is 6.86. The molecule has 2 aromatic carbocycles. The van der Waals surface area contributed by atoms with Crippen molar-refractivity contribution in [2.45, 2.75) is 12.8 Å². The van der Waals surface area contributed by atoms with Crippen LogP contribution in [0.15, 0.2) is 67.0 Å². The summed E-state index contributed by atoms with van der Waals surface area (Å²) < 4.78 is 0. The molecule has 0 N–H and O–H groups in total. The predicted molar refractivity (Wildman–Crippen MR) is 129 cm³/mol. The minimum atomic E-state index is 0.154. The van der Waals surface area contributed by atoms with E-state index in [1.165, 1.54) is 11.3 Å². The van der Waals surface area contributed by atoms with E-state index in [0.717, 1.165) is 74.4 Å². The summed E-state index contributed by atoms with van der Waals surface area (Å²) in [6.07, 6.45) is 5.44. The number of nitrogens with zero attached hydrogens (tertiary/aromatic N) is 4. The number of hydrogen-bond donors (Lipinski definition) is 0. The molecule has 5 heteroatoms. The molecule has 1 aromatic heterocycles. The van der Waals surface area contributed by atoms with Crippen LogP contribution in [-0.2, 0) is 12.8 Å². The van der Waals surface area contributed by atoms with E-state index in [-0.39, 0.29) is 5.91 Å². The number of carbonyl (C=O) groups excluding carboxylic acids is 1. The quantitative estimate of drug-likeness (QED) is 0.623. The molecule has 2 aliphatic rings. The first-order valence-electron chi connectivity index (χ1n) is 11.5. The minimum absolute atomic E-state index is 0.154. The van der Waals surface area contributed by atoms with Crippen LogP contribution >= 0.6 is 0 Å². The molecular weight excluding hydrogens is 396 g/mol. The summed E-state index contributed by atoms with van der Waals surface area (Å²) in [5.74, 6) is 0.154. The molecule has 5 nitrogen and oxygen atoms in total. The van der Waals surface area contributed by atoms with Gasteiger partial charge in [-0.15, -0.1) is 0 Å². The summed E-state index contributed by atoms with van der Waals surface area (Å²) in [7, 11) is 2.18. The molecule has 0 unspecified atom stereocenters. The van der Waals surface area contributed by atoms with Crippen LogP contribution in [-0.4, -0.2) is 67.0 Å². The number of carbonyl (C=O) groups is 1. The van der Waals surface area contributed by atoms with Crippen molar-refractivity contribution in [1.82, 2.24) is 14.8 Å². The minimum Gasteiger partial charge on any atom is -0.369 e. The molecule has 1 amide bonds. The van der Waals surface area contributed by atoms with Crippen molar-refractivity contribution >= 4 is 11.6 Å². The molecule has 0 atom stereocenters. The molecule has 3 heterocycles. The SMILES string of the molecule is CN1CCN(c2ccccc2CCN2CCc3cc(-c4cccnc4)ccc3C2=O)CC1. The van der Waals surface area contributed by atoms with Crippen LogP contribution in [0.1, 0.15) is 21.5 Å². The molecule has 0 aliphatic carbocycles. The van der Waals surface area contributed by atoms with Crippen LogP contribution < -0.4 is 4.90 Å². The lowest BCUT2D eigenvalue weighted by Crippen LogP contribution is -2.45. The van der Waals surface area contributed by atoms with Crippen molar-refractivity contribution < 1.29 is 4.79 Å². The topological polar surface area (TPSA) is 39.7 Å². The number of hydrogen-bond acceptors (Lipinski definition) is 4. The van der Waals surface area contributed by atoms with Crippen molar-refractivity contribution in [2.24, 2.45) is 0 Å². The third-order valence-electron chi connectivity index (χ3n) is 6.76. The molecule has 0 spiro atoms. The summed E-state index contributed by atoms with van der Waals surface area (Å²) in [6, 6.07) is 18.9. The Labute approximate surface area is 190 Å². The Hall–Kier alpha value is -3.18. The maximum Gasteiger partial charge on any atom is 0.254 e. The molecule has 0 saturated carbocycles. The van der Waals surface area contributed by atoms with Crippen LogP contribution in [0.3, 0.4) is 0 Å². The maximum absolute atomic E-state index is 13.2. The third kappa shape index (κ3) is 4.26. The van der Waals surface area contributed by atoms with Gasteiger partial charge >= 0.3 is 0 Å². The Morgan fingerprint density at radius 2 is 1.75 bits per heavy atom. The van der Waals surface area contributed by atoms with Crippen LogP contribution in [0.25, 0.3) is 11.1 Å². The Kier molecular flexibility index (Phi) is 5.91. The van der Waals surface area contributed by atoms with Crippen molar-refractivity contribution in [2.75, 3.05) is 51.2 Å². The number of anilines is 1. The van der Waals surface area contributed by atoms with Crippen molar-refractivity contribution in [3.05, 3.63) is 83.7 Å². The van der Waals surface area contributed by atoms with Gasteiger partial charge in [0.15, 0.2) is 0 Å². The van der Waals surface area contributed by atoms with Crippen LogP contribution in [0, 0.1) is 0 Å². The van der Waals surface area contributed by atoms with Gasteiger partial charge in [-0.25, -0.2) is 0 Å². The molecule has 0 bridgehead atoms. The number of piperazine rings is 1. The molecule has 164 valence electrons. The molecular formula is C27H30N4O. The largest absolute Gasteiger partial charge is 0.369 e. The van der Waals surface area contributed by atoms with E-state index in [1.807, 2.05) is 29.3 Å². The fourth-order valence-corrected chi connectivity index (χ4v) is 4.80. The van der Waals surface area contributed by atoms with E-state index in [9.17, 15) is 4.79 Å². The van der Waals surface area contributed by atoms with E-state index in [0.29, 0.717) is 0 Å². The highest BCUT2D eigenvalue weighted by Gasteiger charge is 2.25. The lowest BCUT2D eigenvalue weighted by molar-refractivity contribution is 0.0742. The standard InChI is InChI=1S/C27H30N4O/c1-29-15-17-30(18-16-29)26-7-3-2-5-21(26)10-13-31-14-11-23-19-22(8-9-25(23)27(31)32)24-6-4-12-28-20-24/h2-9,12,19-20H,10-11,13-18H2,1H3. The van der Waals surface area contributed by atoms with Gasteiger partial charge in [0.1, 0.15) is 0 Å². The van der Waals surface area contributed by atoms with Crippen molar-refractivity contribution in [3.63, 3.8) is 0 Å². The van der Waals surface area contributed by atoms with Gasteiger partial charge in [-0.1, -0.05) is 36.4 Å². The lowest BCUT2D eigenvalue weighted by Gasteiger charge is -2.35. The fourth-order valence-electron chi connectivity index (χ4n) is 4.80. The summed E-state index contributed by atoms with van der Waals surface area (Å²) in [4.78, 5) is 24.3. The highest BCUT2D eigenvalue weighted by molar-refractivity contribution is 5.97. The van der Waals surface area contributed by atoms with E-state index in [2.05, 4.69) is 58.2 Å². The Balaban J connectivity index is 1.28. The average Bonchev–Trinajstić information content (AvgIpc) is 2.85. The van der Waals surface area contributed by atoms with Gasteiger partial charge in [0.2, 0.25) is 0 Å². The second-order valence-electron chi connectivity index (χ2n) is 8.82. The first-order chi connectivity index (χ1) is 15.7. The zero-order valence-electron chi connectivity index (χ0n) is 18.7. The van der Waals surface area contributed by atoms with Crippen molar-refractivity contribution in [3.8, 4) is 11.1 Å². The second-order valence-corrected chi connectivity index (χ2v) is 8.82. The molecule has 3 aromatic rings. The van der Waals surface area contributed by atoms with Gasteiger partial charge in [-0.3, -0.25) is 9.78 Å². The van der Waals surface area contributed by atoms with Gasteiger partial charge < -0.3 is 14.7 Å². The number of benzene rings is 2. The van der Waals surface area contributed by atoms with E-state index < -0.39 is 0 Å². The predicted octanol–water partition coefficient (Wildman–Crippen LogP) is 3.74. The number of rotatable bonds is 5. The first kappa shape index (κ1) is 20.7. The highest BCUT2D eigenvalue weighted by atomic mass is 16.2. The zero-order valence-corrected chi connectivity index (χ0v) is 18.7. The normalized spacial score (nSPS) is 16.8. The number of aromatic nitrogens is 1. The van der Waals surface area contributed by atoms with Gasteiger partial charge in [0.25, 0.3) is 5.91 Å². The molecule has 0 radical (unpaired) electrons. The molecule has 5 rings (SSSR count). The van der Waals surface area contributed by atoms with Gasteiger partial charge in [-0.05, 0) is 60.3 Å². The van der Waals surface area contributed by atoms with E-state index >= 15 is 0 Å². The zero-order chi connectivity index (χ0) is 21.9.